The van der Waals surface area contributed by atoms with Crippen molar-refractivity contribution in [1.82, 2.24) is 0 Å². The summed E-state index contributed by atoms with van der Waals surface area (Å²) in [5.41, 5.74) is 1.60. The molecule has 0 rings (SSSR count). The number of hydrogen-bond donors (Lipinski definition) is 0. The molecule has 0 N–H and O–H groups in total. The summed E-state index contributed by atoms with van der Waals surface area (Å²) in [6.45, 7) is 2.20. The predicted octanol–water partition coefficient (Wildman–Crippen LogP) is 3.91. The highest BCUT2D eigenvalue weighted by Gasteiger charge is 1.85. The largest absolute Gasteiger partial charge is 0.0933 e. The van der Waals surface area contributed by atoms with Gasteiger partial charge in [0.25, 0.3) is 0 Å². The van der Waals surface area contributed by atoms with E-state index in [9.17, 15) is 0 Å². The Morgan fingerprint density at radius 1 is 1.20 bits per heavy atom. The van der Waals surface area contributed by atoms with Crippen LogP contribution in [-0.4, -0.2) is 0 Å². The van der Waals surface area contributed by atoms with E-state index in [1.807, 2.05) is 6.08 Å². The number of hydrogen-bond acceptors (Lipinski definition) is 0. The standard InChI is InChI=1S/C9H16Cl/c1-2-3-4-5-6-7-8-9-10/h4,8-9H,2-3,5-7H2,1H3/b9-8-. The molecule has 0 aromatic carbocycles. The van der Waals surface area contributed by atoms with Crippen molar-refractivity contribution < 1.29 is 0 Å². The van der Waals surface area contributed by atoms with Gasteiger partial charge in [0.15, 0.2) is 0 Å². The van der Waals surface area contributed by atoms with Gasteiger partial charge in [0.05, 0.1) is 0 Å². The summed E-state index contributed by atoms with van der Waals surface area (Å²) >= 11 is 5.35. The van der Waals surface area contributed by atoms with E-state index in [1.54, 1.807) is 5.54 Å². The first-order valence-corrected chi connectivity index (χ1v) is 4.42. The quantitative estimate of drug-likeness (QED) is 0.516. The van der Waals surface area contributed by atoms with Gasteiger partial charge in [-0.05, 0) is 25.7 Å². The minimum Gasteiger partial charge on any atom is -0.0933 e. The Morgan fingerprint density at radius 3 is 2.60 bits per heavy atom. The lowest BCUT2D eigenvalue weighted by molar-refractivity contribution is 0.763. The summed E-state index contributed by atoms with van der Waals surface area (Å²) in [4.78, 5) is 0. The van der Waals surface area contributed by atoms with Gasteiger partial charge in [-0.3, -0.25) is 0 Å². The average molecular weight is 160 g/mol. The van der Waals surface area contributed by atoms with Crippen LogP contribution >= 0.6 is 11.6 Å². The maximum Gasteiger partial charge on any atom is 0.000245 e. The lowest BCUT2D eigenvalue weighted by Gasteiger charge is -1.94. The Bertz CT molecular complexity index is 76.8. The van der Waals surface area contributed by atoms with E-state index >= 15 is 0 Å². The minimum atomic E-state index is 1.11. The smallest absolute Gasteiger partial charge is 0.000245 e. The fraction of sp³-hybridized carbons (Fsp3) is 0.667. The highest BCUT2D eigenvalue weighted by atomic mass is 35.5. The third-order valence-corrected chi connectivity index (χ3v) is 1.54. The Morgan fingerprint density at radius 2 is 2.00 bits per heavy atom. The van der Waals surface area contributed by atoms with Crippen molar-refractivity contribution in [3.8, 4) is 0 Å². The molecule has 0 aliphatic carbocycles. The highest BCUT2D eigenvalue weighted by molar-refractivity contribution is 6.25. The number of halogens is 1. The van der Waals surface area contributed by atoms with Gasteiger partial charge >= 0.3 is 0 Å². The van der Waals surface area contributed by atoms with Gasteiger partial charge in [-0.15, -0.1) is 0 Å². The fourth-order valence-electron chi connectivity index (χ4n) is 0.791. The summed E-state index contributed by atoms with van der Waals surface area (Å²) in [6, 6.07) is 0. The van der Waals surface area contributed by atoms with Crippen molar-refractivity contribution in [3.05, 3.63) is 18.0 Å². The zero-order valence-electron chi connectivity index (χ0n) is 6.65. The van der Waals surface area contributed by atoms with Crippen LogP contribution in [0.5, 0.6) is 0 Å². The van der Waals surface area contributed by atoms with Crippen LogP contribution in [0, 0.1) is 6.42 Å². The molecule has 0 nitrogen and oxygen atoms in total. The SMILES string of the molecule is CCC[CH]CCC/C=C\Cl. The molecule has 1 heteroatoms. The van der Waals surface area contributed by atoms with E-state index in [0.717, 1.165) is 6.42 Å². The van der Waals surface area contributed by atoms with Crippen molar-refractivity contribution in [2.45, 2.75) is 39.0 Å². The summed E-state index contributed by atoms with van der Waals surface area (Å²) in [5, 5.41) is 0. The van der Waals surface area contributed by atoms with Gasteiger partial charge in [-0.2, -0.15) is 0 Å². The second kappa shape index (κ2) is 9.03. The zero-order valence-corrected chi connectivity index (χ0v) is 7.40. The third-order valence-electron chi connectivity index (χ3n) is 1.36. The molecule has 0 fully saturated rings. The zero-order chi connectivity index (χ0) is 7.66. The highest BCUT2D eigenvalue weighted by Crippen LogP contribution is 2.04. The van der Waals surface area contributed by atoms with Crippen LogP contribution in [0.2, 0.25) is 0 Å². The van der Waals surface area contributed by atoms with E-state index in [1.165, 1.54) is 25.7 Å². The van der Waals surface area contributed by atoms with Gasteiger partial charge in [-0.25, -0.2) is 0 Å². The topological polar surface area (TPSA) is 0 Å². The van der Waals surface area contributed by atoms with Gasteiger partial charge in [0, 0.05) is 5.54 Å². The lowest BCUT2D eigenvalue weighted by atomic mass is 10.1. The van der Waals surface area contributed by atoms with Gasteiger partial charge < -0.3 is 0 Å². The van der Waals surface area contributed by atoms with Crippen LogP contribution in [0.4, 0.5) is 0 Å². The molecule has 0 unspecified atom stereocenters. The summed E-state index contributed by atoms with van der Waals surface area (Å²) in [6.07, 6.45) is 10.5. The molecule has 0 bridgehead atoms. The van der Waals surface area contributed by atoms with E-state index in [0.29, 0.717) is 0 Å². The van der Waals surface area contributed by atoms with Gasteiger partial charge in [-0.1, -0.05) is 37.4 Å². The average Bonchev–Trinajstić information content (AvgIpc) is 1.97. The Hall–Kier alpha value is 0.0300. The normalized spacial score (nSPS) is 11.0. The molecule has 0 aliphatic heterocycles. The van der Waals surface area contributed by atoms with Gasteiger partial charge in [0.2, 0.25) is 0 Å². The van der Waals surface area contributed by atoms with Crippen molar-refractivity contribution in [3.63, 3.8) is 0 Å². The number of rotatable bonds is 6. The Labute approximate surface area is 69.3 Å². The Balaban J connectivity index is 2.77. The molecule has 0 saturated heterocycles. The van der Waals surface area contributed by atoms with Crippen molar-refractivity contribution in [2.24, 2.45) is 0 Å². The maximum atomic E-state index is 5.35. The predicted molar refractivity (Wildman–Crippen MR) is 48.1 cm³/mol. The minimum absolute atomic E-state index is 1.11. The molecule has 10 heavy (non-hydrogen) atoms. The summed E-state index contributed by atoms with van der Waals surface area (Å²) in [5.74, 6) is 0. The van der Waals surface area contributed by atoms with Crippen LogP contribution < -0.4 is 0 Å². The van der Waals surface area contributed by atoms with E-state index in [4.69, 9.17) is 11.6 Å². The van der Waals surface area contributed by atoms with Crippen molar-refractivity contribution in [2.75, 3.05) is 0 Å². The maximum absolute atomic E-state index is 5.35. The van der Waals surface area contributed by atoms with E-state index in [-0.39, 0.29) is 0 Å². The van der Waals surface area contributed by atoms with Crippen molar-refractivity contribution >= 4 is 11.6 Å². The molecular formula is C9H16Cl. The molecule has 59 valence electrons. The van der Waals surface area contributed by atoms with Crippen LogP contribution in [0.15, 0.2) is 11.6 Å². The molecule has 0 heterocycles. The molecule has 1 radical (unpaired) electrons. The molecule has 0 atom stereocenters. The molecule has 0 amide bonds. The Kier molecular flexibility index (Phi) is 9.06. The second-order valence-corrected chi connectivity index (χ2v) is 2.62. The molecule has 0 spiro atoms. The van der Waals surface area contributed by atoms with Crippen molar-refractivity contribution in [1.29, 1.82) is 0 Å². The first-order valence-electron chi connectivity index (χ1n) is 3.98. The summed E-state index contributed by atoms with van der Waals surface area (Å²) in [7, 11) is 0. The summed E-state index contributed by atoms with van der Waals surface area (Å²) < 4.78 is 0. The second-order valence-electron chi connectivity index (χ2n) is 2.37. The van der Waals surface area contributed by atoms with E-state index < -0.39 is 0 Å². The fourth-order valence-corrected chi connectivity index (χ4v) is 0.917. The van der Waals surface area contributed by atoms with Gasteiger partial charge in [0.1, 0.15) is 0 Å². The van der Waals surface area contributed by atoms with Crippen LogP contribution in [0.25, 0.3) is 0 Å². The molecule has 0 saturated carbocycles. The van der Waals surface area contributed by atoms with Crippen LogP contribution in [0.1, 0.15) is 39.0 Å². The van der Waals surface area contributed by atoms with Crippen LogP contribution in [0.3, 0.4) is 0 Å². The first-order chi connectivity index (χ1) is 4.91. The van der Waals surface area contributed by atoms with Crippen LogP contribution in [-0.2, 0) is 0 Å². The third kappa shape index (κ3) is 8.03. The molecule has 0 aliphatic rings. The molecular weight excluding hydrogens is 144 g/mol. The molecule has 0 aromatic heterocycles. The monoisotopic (exact) mass is 159 g/mol. The number of allylic oxidation sites excluding steroid dienone is 1. The van der Waals surface area contributed by atoms with E-state index in [2.05, 4.69) is 13.3 Å². The molecule has 0 aromatic rings. The number of unbranched alkanes of at least 4 members (excludes halogenated alkanes) is 5. The first kappa shape index (κ1) is 10.0. The lowest BCUT2D eigenvalue weighted by Crippen LogP contribution is -1.76.